The smallest absolute Gasteiger partial charge is 0.362 e. The van der Waals surface area contributed by atoms with Gasteiger partial charge in [0.2, 0.25) is 11.5 Å². The Balaban J connectivity index is 1.59. The van der Waals surface area contributed by atoms with Crippen LogP contribution in [0, 0.1) is 5.92 Å². The zero-order valence-electron chi connectivity index (χ0n) is 20.6. The third-order valence-corrected chi connectivity index (χ3v) is 6.29. The Morgan fingerprint density at radius 3 is 2.05 bits per heavy atom. The highest BCUT2D eigenvalue weighted by Gasteiger charge is 2.44. The Hall–Kier alpha value is -4.94. The van der Waals surface area contributed by atoms with E-state index < -0.39 is 63.5 Å². The van der Waals surface area contributed by atoms with Crippen LogP contribution in [-0.4, -0.2) is 49.2 Å². The normalized spacial score (nSPS) is 15.4. The van der Waals surface area contributed by atoms with Gasteiger partial charge in [0.15, 0.2) is 0 Å². The molecule has 4 aromatic heterocycles. The quantitative estimate of drug-likeness (QED) is 0.212. The monoisotopic (exact) mass is 594 g/mol. The second kappa shape index (κ2) is 12.1. The summed E-state index contributed by atoms with van der Waals surface area (Å²) in [5.74, 6) is -6.84. The lowest BCUT2D eigenvalue weighted by atomic mass is 10.3. The summed E-state index contributed by atoms with van der Waals surface area (Å²) in [5, 5.41) is -1.03. The van der Waals surface area contributed by atoms with Gasteiger partial charge in [0.05, 0.1) is 17.0 Å². The van der Waals surface area contributed by atoms with Crippen molar-refractivity contribution in [3.63, 3.8) is 0 Å². The summed E-state index contributed by atoms with van der Waals surface area (Å²) < 4.78 is 21.6. The SMILES string of the molecule is O=C(Oc1nc(OC(=O)C2CC2Cl)c(OC(=O)c2cccnc2)c(Cl)c1OC(=O)c1ccccn1)c1ccncc1. The van der Waals surface area contributed by atoms with Gasteiger partial charge < -0.3 is 18.9 Å². The first kappa shape index (κ1) is 27.6. The maximum Gasteiger partial charge on any atom is 0.362 e. The van der Waals surface area contributed by atoms with Gasteiger partial charge in [-0.15, -0.1) is 11.6 Å². The number of aromatic nitrogens is 4. The highest BCUT2D eigenvalue weighted by molar-refractivity contribution is 6.34. The van der Waals surface area contributed by atoms with Crippen LogP contribution in [0.25, 0.3) is 0 Å². The number of carbonyl (C=O) groups excluding carboxylic acids is 4. The molecule has 0 aromatic carbocycles. The molecule has 5 rings (SSSR count). The molecule has 2 atom stereocenters. The van der Waals surface area contributed by atoms with Gasteiger partial charge in [-0.05, 0) is 42.8 Å². The summed E-state index contributed by atoms with van der Waals surface area (Å²) in [7, 11) is 0. The van der Waals surface area contributed by atoms with Crippen LogP contribution in [0.3, 0.4) is 0 Å². The molecule has 0 amide bonds. The molecule has 41 heavy (non-hydrogen) atoms. The second-order valence-electron chi connectivity index (χ2n) is 8.33. The van der Waals surface area contributed by atoms with E-state index in [0.717, 1.165) is 0 Å². The van der Waals surface area contributed by atoms with Gasteiger partial charge in [-0.25, -0.2) is 19.4 Å². The van der Waals surface area contributed by atoms with E-state index in [4.69, 9.17) is 42.1 Å². The Bertz CT molecular complexity index is 1630. The topological polar surface area (TPSA) is 157 Å². The number of carbonyl (C=O) groups is 4. The lowest BCUT2D eigenvalue weighted by Crippen LogP contribution is -2.19. The predicted octanol–water partition coefficient (Wildman–Crippen LogP) is 4.11. The molecule has 0 radical (unpaired) electrons. The van der Waals surface area contributed by atoms with Crippen LogP contribution >= 0.6 is 23.2 Å². The molecule has 4 heterocycles. The third-order valence-electron chi connectivity index (χ3n) is 5.47. The number of hydrogen-bond acceptors (Lipinski definition) is 12. The van der Waals surface area contributed by atoms with Crippen LogP contribution in [-0.2, 0) is 4.79 Å². The molecule has 0 spiro atoms. The van der Waals surface area contributed by atoms with Crippen molar-refractivity contribution >= 4 is 47.1 Å². The Morgan fingerprint density at radius 1 is 0.732 bits per heavy atom. The number of pyridine rings is 4. The average Bonchev–Trinajstić information content (AvgIpc) is 3.74. The molecule has 12 nitrogen and oxygen atoms in total. The minimum absolute atomic E-state index is 0.0177. The molecular formula is C27H16Cl2N4O8. The molecule has 0 saturated heterocycles. The van der Waals surface area contributed by atoms with Crippen LogP contribution in [0.2, 0.25) is 5.02 Å². The number of ether oxygens (including phenoxy) is 4. The fraction of sp³-hybridized carbons (Fsp3) is 0.111. The lowest BCUT2D eigenvalue weighted by molar-refractivity contribution is -0.136. The van der Waals surface area contributed by atoms with Crippen molar-refractivity contribution in [3.05, 3.63) is 95.3 Å². The molecule has 206 valence electrons. The van der Waals surface area contributed by atoms with E-state index in [-0.39, 0.29) is 16.8 Å². The highest BCUT2D eigenvalue weighted by atomic mass is 35.5. The largest absolute Gasteiger partial charge is 0.415 e. The zero-order valence-corrected chi connectivity index (χ0v) is 22.1. The third kappa shape index (κ3) is 6.45. The highest BCUT2D eigenvalue weighted by Crippen LogP contribution is 2.47. The van der Waals surface area contributed by atoms with Gasteiger partial charge in [-0.2, -0.15) is 4.98 Å². The molecule has 1 aliphatic rings. The average molecular weight is 595 g/mol. The van der Waals surface area contributed by atoms with Crippen molar-refractivity contribution in [1.82, 2.24) is 19.9 Å². The molecule has 0 N–H and O–H groups in total. The van der Waals surface area contributed by atoms with E-state index in [1.165, 1.54) is 61.3 Å². The van der Waals surface area contributed by atoms with Crippen molar-refractivity contribution in [2.45, 2.75) is 11.8 Å². The standard InChI is InChI=1S/C27H16Cl2N4O8/c28-17-12-16(17)26(36)41-23-20(38-25(35)15-4-3-8-31-13-15)19(29)21(39-27(37)18-5-1-2-9-32-18)22(33-23)40-24(34)14-6-10-30-11-7-14/h1-11,13,16-17H,12H2. The lowest BCUT2D eigenvalue weighted by Gasteiger charge is -2.16. The number of nitrogens with zero attached hydrogens (tertiary/aromatic N) is 4. The summed E-state index contributed by atoms with van der Waals surface area (Å²) in [6.07, 6.45) is 7.08. The van der Waals surface area contributed by atoms with Crippen molar-refractivity contribution in [2.75, 3.05) is 0 Å². The van der Waals surface area contributed by atoms with Crippen LogP contribution in [0.15, 0.2) is 73.4 Å². The molecule has 1 fully saturated rings. The number of hydrogen-bond donors (Lipinski definition) is 0. The Kier molecular flexibility index (Phi) is 8.13. The molecule has 0 aliphatic heterocycles. The van der Waals surface area contributed by atoms with E-state index in [2.05, 4.69) is 19.9 Å². The fourth-order valence-electron chi connectivity index (χ4n) is 3.28. The predicted molar refractivity (Wildman–Crippen MR) is 140 cm³/mol. The summed E-state index contributed by atoms with van der Waals surface area (Å²) in [5.41, 5.74) is -0.0427. The van der Waals surface area contributed by atoms with Gasteiger partial charge in [0.25, 0.3) is 11.8 Å². The number of rotatable bonds is 8. The molecule has 0 bridgehead atoms. The second-order valence-corrected chi connectivity index (χ2v) is 9.27. The van der Waals surface area contributed by atoms with E-state index in [1.54, 1.807) is 12.1 Å². The Morgan fingerprint density at radius 2 is 1.41 bits per heavy atom. The molecule has 1 saturated carbocycles. The van der Waals surface area contributed by atoms with Gasteiger partial charge in [0.1, 0.15) is 10.7 Å². The zero-order chi connectivity index (χ0) is 28.9. The van der Waals surface area contributed by atoms with E-state index in [1.807, 2.05) is 0 Å². The molecular weight excluding hydrogens is 579 g/mol. The van der Waals surface area contributed by atoms with Crippen molar-refractivity contribution < 1.29 is 38.1 Å². The van der Waals surface area contributed by atoms with Gasteiger partial charge >= 0.3 is 23.9 Å². The molecule has 14 heteroatoms. The first-order chi connectivity index (χ1) is 19.8. The van der Waals surface area contributed by atoms with Crippen LogP contribution in [0.5, 0.6) is 23.3 Å². The minimum atomic E-state index is -1.01. The van der Waals surface area contributed by atoms with E-state index in [9.17, 15) is 19.2 Å². The maximum absolute atomic E-state index is 12.9. The number of alkyl halides is 1. The fourth-order valence-corrected chi connectivity index (χ4v) is 3.81. The molecule has 2 unspecified atom stereocenters. The first-order valence-corrected chi connectivity index (χ1v) is 12.6. The first-order valence-electron chi connectivity index (χ1n) is 11.8. The summed E-state index contributed by atoms with van der Waals surface area (Å²) in [6.45, 7) is 0. The van der Waals surface area contributed by atoms with Crippen molar-refractivity contribution in [1.29, 1.82) is 0 Å². The van der Waals surface area contributed by atoms with Crippen molar-refractivity contribution in [3.8, 4) is 23.3 Å². The van der Waals surface area contributed by atoms with Gasteiger partial charge in [-0.1, -0.05) is 17.7 Å². The van der Waals surface area contributed by atoms with E-state index in [0.29, 0.717) is 6.42 Å². The van der Waals surface area contributed by atoms with Gasteiger partial charge in [-0.3, -0.25) is 14.8 Å². The summed E-state index contributed by atoms with van der Waals surface area (Å²) in [6, 6.07) is 10.1. The van der Waals surface area contributed by atoms with Gasteiger partial charge in [0, 0.05) is 36.4 Å². The maximum atomic E-state index is 12.9. The van der Waals surface area contributed by atoms with Crippen LogP contribution in [0.1, 0.15) is 37.6 Å². The summed E-state index contributed by atoms with van der Waals surface area (Å²) >= 11 is 12.5. The summed E-state index contributed by atoms with van der Waals surface area (Å²) in [4.78, 5) is 67.0. The van der Waals surface area contributed by atoms with Crippen LogP contribution in [0.4, 0.5) is 0 Å². The Labute approximate surface area is 241 Å². The number of esters is 4. The van der Waals surface area contributed by atoms with Crippen molar-refractivity contribution in [2.24, 2.45) is 5.92 Å². The number of halogens is 2. The minimum Gasteiger partial charge on any atom is -0.415 e. The molecule has 4 aromatic rings. The molecule has 1 aliphatic carbocycles. The van der Waals surface area contributed by atoms with E-state index >= 15 is 0 Å². The van der Waals surface area contributed by atoms with Crippen LogP contribution < -0.4 is 18.9 Å².